The van der Waals surface area contributed by atoms with Crippen molar-refractivity contribution in [1.29, 1.82) is 5.26 Å². The molecule has 3 aromatic rings. The molecule has 0 saturated heterocycles. The first-order valence-corrected chi connectivity index (χ1v) is 11.1. The summed E-state index contributed by atoms with van der Waals surface area (Å²) in [6.07, 6.45) is 4.16. The van der Waals surface area contributed by atoms with E-state index in [1.165, 1.54) is 28.7 Å². The van der Waals surface area contributed by atoms with Crippen LogP contribution in [-0.4, -0.2) is 28.2 Å². The maximum absolute atomic E-state index is 12.7. The van der Waals surface area contributed by atoms with Gasteiger partial charge in [-0.05, 0) is 62.4 Å². The number of aryl methyl sites for hydroxylation is 2. The van der Waals surface area contributed by atoms with Crippen molar-refractivity contribution in [2.45, 2.75) is 42.9 Å². The lowest BCUT2D eigenvalue weighted by Crippen LogP contribution is -2.22. The number of amides is 1. The highest BCUT2D eigenvalue weighted by Gasteiger charge is 2.21. The third kappa shape index (κ3) is 4.21. The molecule has 0 fully saturated rings. The van der Waals surface area contributed by atoms with Crippen molar-refractivity contribution < 1.29 is 9.53 Å². The second-order valence-corrected chi connectivity index (χ2v) is 9.23. The number of rotatable bonds is 5. The van der Waals surface area contributed by atoms with Gasteiger partial charge in [0.2, 0.25) is 5.91 Å². The molecule has 0 spiro atoms. The van der Waals surface area contributed by atoms with E-state index in [0.717, 1.165) is 47.3 Å². The van der Waals surface area contributed by atoms with Crippen LogP contribution in [0.3, 0.4) is 0 Å². The maximum atomic E-state index is 12.7. The van der Waals surface area contributed by atoms with E-state index in [9.17, 15) is 10.1 Å². The van der Waals surface area contributed by atoms with Gasteiger partial charge in [0.05, 0.1) is 28.1 Å². The van der Waals surface area contributed by atoms with Crippen molar-refractivity contribution in [3.8, 4) is 11.8 Å². The normalized spacial score (nSPS) is 14.1. The number of aromatic nitrogens is 2. The molecule has 0 aliphatic heterocycles. The fraction of sp³-hybridized carbons (Fsp3) is 0.333. The molecule has 1 aliphatic carbocycles. The van der Waals surface area contributed by atoms with Gasteiger partial charge in [-0.1, -0.05) is 23.1 Å². The number of anilines is 1. The number of fused-ring (bicyclic) bond motifs is 2. The molecule has 1 amide bonds. The van der Waals surface area contributed by atoms with Gasteiger partial charge in [-0.3, -0.25) is 4.79 Å². The number of carbonyl (C=O) groups is 1. The number of pyridine rings is 1. The van der Waals surface area contributed by atoms with Gasteiger partial charge in [0.25, 0.3) is 0 Å². The van der Waals surface area contributed by atoms with Crippen LogP contribution in [0.25, 0.3) is 10.2 Å². The number of nitrogens with zero attached hydrogens (tertiary/aromatic N) is 3. The van der Waals surface area contributed by atoms with Gasteiger partial charge in [-0.25, -0.2) is 9.97 Å². The quantitative estimate of drug-likeness (QED) is 0.604. The van der Waals surface area contributed by atoms with Gasteiger partial charge in [-0.15, -0.1) is 0 Å². The SMILES string of the molecule is COc1ccc2nc(NC(=O)C(C)Sc3nc4c(cc3C#N)CCCC4)sc2c1. The average Bonchev–Trinajstić information content (AvgIpc) is 3.14. The first-order valence-electron chi connectivity index (χ1n) is 9.42. The van der Waals surface area contributed by atoms with E-state index in [1.54, 1.807) is 7.11 Å². The Hall–Kier alpha value is -2.63. The second kappa shape index (κ2) is 8.39. The largest absolute Gasteiger partial charge is 0.497 e. The Kier molecular flexibility index (Phi) is 5.69. The molecule has 1 aliphatic rings. The van der Waals surface area contributed by atoms with E-state index in [0.29, 0.717) is 15.7 Å². The van der Waals surface area contributed by atoms with Crippen LogP contribution >= 0.6 is 23.1 Å². The number of thioether (sulfide) groups is 1. The van der Waals surface area contributed by atoms with Crippen LogP contribution in [0.2, 0.25) is 0 Å². The predicted molar refractivity (Wildman–Crippen MR) is 116 cm³/mol. The van der Waals surface area contributed by atoms with Gasteiger partial charge in [0.1, 0.15) is 16.8 Å². The van der Waals surface area contributed by atoms with Crippen molar-refractivity contribution in [3.63, 3.8) is 0 Å². The number of hydrogen-bond acceptors (Lipinski definition) is 7. The van der Waals surface area contributed by atoms with Crippen molar-refractivity contribution in [2.24, 2.45) is 0 Å². The van der Waals surface area contributed by atoms with Crippen LogP contribution in [0.1, 0.15) is 36.6 Å². The number of methoxy groups -OCH3 is 1. The van der Waals surface area contributed by atoms with E-state index in [1.807, 2.05) is 31.2 Å². The summed E-state index contributed by atoms with van der Waals surface area (Å²) in [6.45, 7) is 1.82. The zero-order chi connectivity index (χ0) is 20.4. The third-order valence-electron chi connectivity index (χ3n) is 4.87. The fourth-order valence-corrected chi connectivity index (χ4v) is 5.09. The lowest BCUT2D eigenvalue weighted by atomic mass is 9.95. The smallest absolute Gasteiger partial charge is 0.239 e. The van der Waals surface area contributed by atoms with Gasteiger partial charge in [0, 0.05) is 5.69 Å². The number of benzene rings is 1. The molecule has 29 heavy (non-hydrogen) atoms. The standard InChI is InChI=1S/C21H20N4O2S2/c1-12(28-20-14(11-22)9-13-5-3-4-6-16(13)23-20)19(26)25-21-24-17-8-7-15(27-2)10-18(17)29-21/h7-10,12H,3-6H2,1-2H3,(H,24,25,26). The van der Waals surface area contributed by atoms with Crippen LogP contribution in [-0.2, 0) is 17.6 Å². The summed E-state index contributed by atoms with van der Waals surface area (Å²) in [6, 6.07) is 9.79. The van der Waals surface area contributed by atoms with E-state index in [2.05, 4.69) is 16.4 Å². The molecule has 1 unspecified atom stereocenters. The number of hydrogen-bond donors (Lipinski definition) is 1. The molecule has 0 saturated carbocycles. The number of ether oxygens (including phenoxy) is 1. The number of nitrogens with one attached hydrogen (secondary N) is 1. The van der Waals surface area contributed by atoms with Gasteiger partial charge < -0.3 is 10.1 Å². The Balaban J connectivity index is 1.49. The summed E-state index contributed by atoms with van der Waals surface area (Å²) in [5.41, 5.74) is 3.58. The molecule has 4 rings (SSSR count). The minimum Gasteiger partial charge on any atom is -0.497 e. The Labute approximate surface area is 177 Å². The third-order valence-corrected chi connectivity index (χ3v) is 6.91. The average molecular weight is 425 g/mol. The molecular formula is C21H20N4O2S2. The molecule has 1 N–H and O–H groups in total. The zero-order valence-electron chi connectivity index (χ0n) is 16.2. The van der Waals surface area contributed by atoms with Crippen molar-refractivity contribution in [3.05, 3.63) is 41.1 Å². The molecule has 2 aromatic heterocycles. The number of thiazole rings is 1. The zero-order valence-corrected chi connectivity index (χ0v) is 17.8. The van der Waals surface area contributed by atoms with Gasteiger partial charge in [0.15, 0.2) is 5.13 Å². The predicted octanol–water partition coefficient (Wildman–Crippen LogP) is 4.57. The molecule has 0 radical (unpaired) electrons. The molecule has 1 atom stereocenters. The fourth-order valence-electron chi connectivity index (χ4n) is 3.30. The molecule has 8 heteroatoms. The minimum absolute atomic E-state index is 0.163. The topological polar surface area (TPSA) is 87.9 Å². The van der Waals surface area contributed by atoms with Gasteiger partial charge >= 0.3 is 0 Å². The summed E-state index contributed by atoms with van der Waals surface area (Å²) in [5, 5.41) is 13.2. The van der Waals surface area contributed by atoms with E-state index >= 15 is 0 Å². The Morgan fingerprint density at radius 1 is 1.31 bits per heavy atom. The van der Waals surface area contributed by atoms with Crippen LogP contribution in [0, 0.1) is 11.3 Å². The lowest BCUT2D eigenvalue weighted by Gasteiger charge is -2.17. The highest BCUT2D eigenvalue weighted by molar-refractivity contribution is 8.00. The van der Waals surface area contributed by atoms with Crippen LogP contribution in [0.15, 0.2) is 29.3 Å². The highest BCUT2D eigenvalue weighted by atomic mass is 32.2. The Bertz CT molecular complexity index is 1120. The monoisotopic (exact) mass is 424 g/mol. The number of carbonyl (C=O) groups excluding carboxylic acids is 1. The molecule has 1 aromatic carbocycles. The highest BCUT2D eigenvalue weighted by Crippen LogP contribution is 2.32. The molecule has 148 valence electrons. The lowest BCUT2D eigenvalue weighted by molar-refractivity contribution is -0.115. The Morgan fingerprint density at radius 2 is 2.14 bits per heavy atom. The molecule has 0 bridgehead atoms. The summed E-state index contributed by atoms with van der Waals surface area (Å²) in [7, 11) is 1.62. The minimum atomic E-state index is -0.405. The first kappa shape index (κ1) is 19.7. The van der Waals surface area contributed by atoms with Gasteiger partial charge in [-0.2, -0.15) is 5.26 Å². The second-order valence-electron chi connectivity index (χ2n) is 6.87. The molecule has 2 heterocycles. The van der Waals surface area contributed by atoms with Crippen LogP contribution in [0.5, 0.6) is 5.75 Å². The van der Waals surface area contributed by atoms with Crippen LogP contribution < -0.4 is 10.1 Å². The van der Waals surface area contributed by atoms with Crippen molar-refractivity contribution in [2.75, 3.05) is 12.4 Å². The van der Waals surface area contributed by atoms with E-state index in [-0.39, 0.29) is 5.91 Å². The van der Waals surface area contributed by atoms with Crippen molar-refractivity contribution >= 4 is 44.4 Å². The van der Waals surface area contributed by atoms with E-state index < -0.39 is 5.25 Å². The van der Waals surface area contributed by atoms with Crippen molar-refractivity contribution in [1.82, 2.24) is 9.97 Å². The summed E-state index contributed by atoms with van der Waals surface area (Å²) in [5.74, 6) is 0.592. The summed E-state index contributed by atoms with van der Waals surface area (Å²) in [4.78, 5) is 21.9. The van der Waals surface area contributed by atoms with Crippen LogP contribution in [0.4, 0.5) is 5.13 Å². The van der Waals surface area contributed by atoms with E-state index in [4.69, 9.17) is 9.72 Å². The summed E-state index contributed by atoms with van der Waals surface area (Å²) < 4.78 is 6.18. The molecule has 6 nitrogen and oxygen atoms in total. The molecular weight excluding hydrogens is 404 g/mol. The Morgan fingerprint density at radius 3 is 2.93 bits per heavy atom. The summed E-state index contributed by atoms with van der Waals surface area (Å²) >= 11 is 2.72. The first-order chi connectivity index (χ1) is 14.1. The number of nitriles is 1. The maximum Gasteiger partial charge on any atom is 0.239 e.